The van der Waals surface area contributed by atoms with Crippen molar-refractivity contribution in [3.05, 3.63) is 58.1 Å². The summed E-state index contributed by atoms with van der Waals surface area (Å²) in [6.07, 6.45) is 0.973. The Morgan fingerprint density at radius 2 is 1.81 bits per heavy atom. The van der Waals surface area contributed by atoms with Gasteiger partial charge >= 0.3 is 0 Å². The molecule has 0 atom stereocenters. The van der Waals surface area contributed by atoms with Gasteiger partial charge in [-0.2, -0.15) is 0 Å². The summed E-state index contributed by atoms with van der Waals surface area (Å²) in [5.74, 6) is 1.28. The smallest absolute Gasteiger partial charge is 0.180 e. The summed E-state index contributed by atoms with van der Waals surface area (Å²) in [5, 5.41) is 3.95. The standard InChI is InChI=1S/C21H28ClNO3/c1-4-25-20-13-18(14-23-10-5-11-24-3)12-19(22)21(20)26-15-17-8-6-16(2)7-9-17/h6-9,12-13,23H,4-5,10-11,14-15H2,1-3H3. The predicted octanol–water partition coefficient (Wildman–Crippen LogP) is 4.75. The fourth-order valence-corrected chi connectivity index (χ4v) is 2.83. The van der Waals surface area contributed by atoms with E-state index in [1.807, 2.05) is 19.1 Å². The lowest BCUT2D eigenvalue weighted by Gasteiger charge is -2.16. The Hall–Kier alpha value is -1.75. The summed E-state index contributed by atoms with van der Waals surface area (Å²) in [6.45, 7) is 7.40. The molecule has 26 heavy (non-hydrogen) atoms. The Morgan fingerprint density at radius 1 is 1.04 bits per heavy atom. The molecule has 2 rings (SSSR count). The van der Waals surface area contributed by atoms with Gasteiger partial charge in [-0.1, -0.05) is 41.4 Å². The van der Waals surface area contributed by atoms with Crippen LogP contribution in [0, 0.1) is 6.92 Å². The van der Waals surface area contributed by atoms with Gasteiger partial charge in [-0.25, -0.2) is 0 Å². The fourth-order valence-electron chi connectivity index (χ4n) is 2.54. The highest BCUT2D eigenvalue weighted by Gasteiger charge is 2.13. The van der Waals surface area contributed by atoms with Crippen LogP contribution in [0.4, 0.5) is 0 Å². The summed E-state index contributed by atoms with van der Waals surface area (Å²) in [6, 6.07) is 12.2. The van der Waals surface area contributed by atoms with E-state index in [0.717, 1.165) is 37.2 Å². The highest BCUT2D eigenvalue weighted by atomic mass is 35.5. The average Bonchev–Trinajstić information content (AvgIpc) is 2.62. The molecular formula is C21H28ClNO3. The number of hydrogen-bond acceptors (Lipinski definition) is 4. The van der Waals surface area contributed by atoms with Crippen LogP contribution in [0.15, 0.2) is 36.4 Å². The number of nitrogens with one attached hydrogen (secondary N) is 1. The molecule has 0 radical (unpaired) electrons. The second kappa shape index (κ2) is 11.1. The van der Waals surface area contributed by atoms with Gasteiger partial charge in [0, 0.05) is 20.3 Å². The molecule has 0 spiro atoms. The highest BCUT2D eigenvalue weighted by molar-refractivity contribution is 6.32. The van der Waals surface area contributed by atoms with Crippen molar-refractivity contribution in [2.24, 2.45) is 0 Å². The topological polar surface area (TPSA) is 39.7 Å². The van der Waals surface area contributed by atoms with Crippen molar-refractivity contribution < 1.29 is 14.2 Å². The lowest BCUT2D eigenvalue weighted by atomic mass is 10.1. The largest absolute Gasteiger partial charge is 0.490 e. The molecule has 0 saturated heterocycles. The number of methoxy groups -OCH3 is 1. The molecule has 0 heterocycles. The summed E-state index contributed by atoms with van der Waals surface area (Å²) >= 11 is 6.47. The molecule has 2 aromatic carbocycles. The molecule has 0 aliphatic heterocycles. The zero-order valence-electron chi connectivity index (χ0n) is 15.8. The summed E-state index contributed by atoms with van der Waals surface area (Å²) in [5.41, 5.74) is 3.39. The van der Waals surface area contributed by atoms with E-state index in [1.165, 1.54) is 5.56 Å². The molecule has 0 amide bonds. The van der Waals surface area contributed by atoms with Crippen molar-refractivity contribution in [3.63, 3.8) is 0 Å². The molecule has 2 aromatic rings. The molecule has 5 heteroatoms. The number of halogens is 1. The lowest BCUT2D eigenvalue weighted by molar-refractivity contribution is 0.194. The number of ether oxygens (including phenoxy) is 3. The van der Waals surface area contributed by atoms with Crippen LogP contribution >= 0.6 is 11.6 Å². The summed E-state index contributed by atoms with van der Waals surface area (Å²) < 4.78 is 16.8. The van der Waals surface area contributed by atoms with Gasteiger partial charge < -0.3 is 19.5 Å². The Kier molecular flexibility index (Phi) is 8.75. The Labute approximate surface area is 161 Å². The van der Waals surface area contributed by atoms with Gasteiger partial charge in [-0.3, -0.25) is 0 Å². The molecule has 0 aliphatic rings. The van der Waals surface area contributed by atoms with Gasteiger partial charge in [-0.05, 0) is 50.1 Å². The van der Waals surface area contributed by atoms with E-state index < -0.39 is 0 Å². The number of benzene rings is 2. The van der Waals surface area contributed by atoms with Gasteiger partial charge in [-0.15, -0.1) is 0 Å². The SMILES string of the molecule is CCOc1cc(CNCCCOC)cc(Cl)c1OCc1ccc(C)cc1. The molecule has 0 fully saturated rings. The highest BCUT2D eigenvalue weighted by Crippen LogP contribution is 2.37. The molecule has 0 saturated carbocycles. The molecule has 0 unspecified atom stereocenters. The Bertz CT molecular complexity index is 674. The maximum absolute atomic E-state index is 6.47. The summed E-state index contributed by atoms with van der Waals surface area (Å²) in [4.78, 5) is 0. The predicted molar refractivity (Wildman–Crippen MR) is 106 cm³/mol. The molecule has 0 bridgehead atoms. The first-order valence-electron chi connectivity index (χ1n) is 8.97. The number of rotatable bonds is 11. The van der Waals surface area contributed by atoms with Crippen LogP contribution in [0.5, 0.6) is 11.5 Å². The van der Waals surface area contributed by atoms with E-state index in [1.54, 1.807) is 7.11 Å². The summed E-state index contributed by atoms with van der Waals surface area (Å²) in [7, 11) is 1.71. The van der Waals surface area contributed by atoms with Crippen molar-refractivity contribution in [2.75, 3.05) is 26.9 Å². The quantitative estimate of drug-likeness (QED) is 0.573. The van der Waals surface area contributed by atoms with Crippen molar-refractivity contribution in [3.8, 4) is 11.5 Å². The van der Waals surface area contributed by atoms with Crippen LogP contribution in [0.1, 0.15) is 30.0 Å². The van der Waals surface area contributed by atoms with Crippen molar-refractivity contribution in [1.29, 1.82) is 0 Å². The third kappa shape index (κ3) is 6.52. The first-order valence-corrected chi connectivity index (χ1v) is 9.35. The lowest BCUT2D eigenvalue weighted by Crippen LogP contribution is -2.16. The Morgan fingerprint density at radius 3 is 2.50 bits per heavy atom. The van der Waals surface area contributed by atoms with E-state index in [0.29, 0.717) is 29.7 Å². The van der Waals surface area contributed by atoms with Gasteiger partial charge in [0.15, 0.2) is 11.5 Å². The average molecular weight is 378 g/mol. The van der Waals surface area contributed by atoms with Crippen LogP contribution in [0.25, 0.3) is 0 Å². The van der Waals surface area contributed by atoms with Gasteiger partial charge in [0.05, 0.1) is 11.6 Å². The van der Waals surface area contributed by atoms with E-state index in [2.05, 4.69) is 36.5 Å². The first kappa shape index (κ1) is 20.6. The minimum absolute atomic E-state index is 0.453. The molecule has 4 nitrogen and oxygen atoms in total. The Balaban J connectivity index is 2.03. The first-order chi connectivity index (χ1) is 12.6. The van der Waals surface area contributed by atoms with E-state index in [9.17, 15) is 0 Å². The number of aryl methyl sites for hydroxylation is 1. The van der Waals surface area contributed by atoms with Crippen LogP contribution < -0.4 is 14.8 Å². The van der Waals surface area contributed by atoms with Crippen LogP contribution in [-0.2, 0) is 17.9 Å². The second-order valence-electron chi connectivity index (χ2n) is 6.14. The van der Waals surface area contributed by atoms with Crippen LogP contribution in [-0.4, -0.2) is 26.9 Å². The van der Waals surface area contributed by atoms with Crippen molar-refractivity contribution >= 4 is 11.6 Å². The molecule has 0 aromatic heterocycles. The zero-order chi connectivity index (χ0) is 18.8. The van der Waals surface area contributed by atoms with Crippen LogP contribution in [0.3, 0.4) is 0 Å². The van der Waals surface area contributed by atoms with Crippen molar-refractivity contribution in [2.45, 2.75) is 33.4 Å². The molecule has 1 N–H and O–H groups in total. The normalized spacial score (nSPS) is 10.8. The molecule has 0 aliphatic carbocycles. The number of hydrogen-bond donors (Lipinski definition) is 1. The van der Waals surface area contributed by atoms with E-state index in [4.69, 9.17) is 25.8 Å². The zero-order valence-corrected chi connectivity index (χ0v) is 16.6. The third-order valence-corrected chi connectivity index (χ3v) is 4.18. The van der Waals surface area contributed by atoms with Crippen LogP contribution in [0.2, 0.25) is 5.02 Å². The minimum atomic E-state index is 0.453. The maximum Gasteiger partial charge on any atom is 0.180 e. The maximum atomic E-state index is 6.47. The molecule has 142 valence electrons. The second-order valence-corrected chi connectivity index (χ2v) is 6.54. The monoisotopic (exact) mass is 377 g/mol. The fraction of sp³-hybridized carbons (Fsp3) is 0.429. The van der Waals surface area contributed by atoms with E-state index >= 15 is 0 Å². The van der Waals surface area contributed by atoms with Gasteiger partial charge in [0.2, 0.25) is 0 Å². The van der Waals surface area contributed by atoms with Crippen molar-refractivity contribution in [1.82, 2.24) is 5.32 Å². The van der Waals surface area contributed by atoms with Gasteiger partial charge in [0.1, 0.15) is 6.61 Å². The van der Waals surface area contributed by atoms with Gasteiger partial charge in [0.25, 0.3) is 0 Å². The molecular weight excluding hydrogens is 350 g/mol. The van der Waals surface area contributed by atoms with E-state index in [-0.39, 0.29) is 0 Å². The minimum Gasteiger partial charge on any atom is -0.490 e. The third-order valence-electron chi connectivity index (χ3n) is 3.90.